The first-order chi connectivity index (χ1) is 29.3. The molecular formula is C55H61BO6. The molecule has 0 N–H and O–H groups in total. The van der Waals surface area contributed by atoms with E-state index in [1.807, 2.05) is 54.6 Å². The standard InChI is InChI=1S/C55H61BO6/c1-18-42(53(57)60-15)20-19-29(2)47-30(3)36(9)50(37(10)31(47)4)56(51-38(11)32(5)48(33(6)39(51)12)43-21-25-45(26-22-43)54(58)61-16)52-40(13)34(7)49(35(8)41(52)14)44-23-27-46(28-24-44)55(59)62-17/h18-28H,1H2,2-17H3. The van der Waals surface area contributed by atoms with Crippen LogP contribution in [0.1, 0.15) is 100.0 Å². The summed E-state index contributed by atoms with van der Waals surface area (Å²) in [6.07, 6.45) is 5.28. The summed E-state index contributed by atoms with van der Waals surface area (Å²) in [5.74, 6) is -1.14. The number of ether oxygens (including phenoxy) is 3. The van der Waals surface area contributed by atoms with E-state index in [-0.39, 0.29) is 18.7 Å². The number of methoxy groups -OCH3 is 3. The van der Waals surface area contributed by atoms with Crippen LogP contribution in [0.15, 0.2) is 78.9 Å². The fraction of sp³-hybridized carbons (Fsp3) is 0.291. The summed E-state index contributed by atoms with van der Waals surface area (Å²) in [5, 5.41) is 0. The van der Waals surface area contributed by atoms with Crippen molar-refractivity contribution in [3.8, 4) is 22.3 Å². The smallest absolute Gasteiger partial charge is 0.337 e. The Labute approximate surface area is 369 Å². The molecule has 0 fully saturated rings. The molecule has 0 unspecified atom stereocenters. The molecule has 6 nitrogen and oxygen atoms in total. The summed E-state index contributed by atoms with van der Waals surface area (Å²) in [6, 6.07) is 15.4. The largest absolute Gasteiger partial charge is 0.465 e. The third kappa shape index (κ3) is 8.25. The van der Waals surface area contributed by atoms with Gasteiger partial charge in [-0.15, -0.1) is 0 Å². The SMILES string of the molecule is C=CC(=CC=C(C)c1c(C)c(C)c(B(c2c(C)c(C)c(-c3ccc(C(=O)OC)cc3)c(C)c2C)c2c(C)c(C)c(-c3ccc(C(=O)OC)cc3)c(C)c2C)c(C)c1C)C(=O)OC. The van der Waals surface area contributed by atoms with Gasteiger partial charge in [-0.25, -0.2) is 14.4 Å². The van der Waals surface area contributed by atoms with Crippen molar-refractivity contribution in [1.29, 1.82) is 0 Å². The monoisotopic (exact) mass is 828 g/mol. The normalized spacial score (nSPS) is 11.7. The lowest BCUT2D eigenvalue weighted by Gasteiger charge is -2.33. The van der Waals surface area contributed by atoms with Crippen molar-refractivity contribution in [2.24, 2.45) is 0 Å². The van der Waals surface area contributed by atoms with Crippen LogP contribution in [-0.4, -0.2) is 46.0 Å². The molecule has 62 heavy (non-hydrogen) atoms. The van der Waals surface area contributed by atoms with Crippen LogP contribution in [0.4, 0.5) is 0 Å². The van der Waals surface area contributed by atoms with E-state index < -0.39 is 5.97 Å². The average molecular weight is 829 g/mol. The van der Waals surface area contributed by atoms with E-state index in [0.29, 0.717) is 16.7 Å². The molecule has 7 heteroatoms. The number of carbonyl (C=O) groups is 3. The van der Waals surface area contributed by atoms with E-state index in [0.717, 1.165) is 22.3 Å². The van der Waals surface area contributed by atoms with Gasteiger partial charge in [0.15, 0.2) is 0 Å². The molecule has 5 rings (SSSR count). The highest BCUT2D eigenvalue weighted by molar-refractivity contribution is 6.97. The second kappa shape index (κ2) is 18.8. The molecule has 0 aliphatic carbocycles. The van der Waals surface area contributed by atoms with Crippen molar-refractivity contribution in [1.82, 2.24) is 0 Å². The van der Waals surface area contributed by atoms with Gasteiger partial charge >= 0.3 is 17.9 Å². The minimum atomic E-state index is -0.427. The maximum Gasteiger partial charge on any atom is 0.337 e. The second-order valence-corrected chi connectivity index (χ2v) is 16.6. The lowest BCUT2D eigenvalue weighted by Crippen LogP contribution is -2.58. The van der Waals surface area contributed by atoms with Gasteiger partial charge < -0.3 is 14.2 Å². The first-order valence-electron chi connectivity index (χ1n) is 21.1. The topological polar surface area (TPSA) is 78.9 Å². The summed E-state index contributed by atoms with van der Waals surface area (Å²) >= 11 is 0. The lowest BCUT2D eigenvalue weighted by molar-refractivity contribution is -0.135. The Hall–Kier alpha value is -6.21. The third-order valence-corrected chi connectivity index (χ3v) is 13.7. The average Bonchev–Trinajstić information content (AvgIpc) is 3.27. The highest BCUT2D eigenvalue weighted by Crippen LogP contribution is 2.36. The predicted molar refractivity (Wildman–Crippen MR) is 258 cm³/mol. The van der Waals surface area contributed by atoms with Crippen molar-refractivity contribution < 1.29 is 28.6 Å². The molecule has 0 heterocycles. The number of esters is 3. The first-order valence-corrected chi connectivity index (χ1v) is 21.1. The number of benzene rings is 5. The molecule has 0 bridgehead atoms. The first kappa shape index (κ1) is 46.9. The fourth-order valence-electron chi connectivity index (χ4n) is 9.63. The van der Waals surface area contributed by atoms with Gasteiger partial charge in [-0.3, -0.25) is 0 Å². The molecule has 0 aromatic heterocycles. The van der Waals surface area contributed by atoms with Crippen LogP contribution < -0.4 is 16.4 Å². The molecule has 0 aliphatic heterocycles. The van der Waals surface area contributed by atoms with Gasteiger partial charge in [0.05, 0.1) is 38.0 Å². The molecule has 0 saturated heterocycles. The highest BCUT2D eigenvalue weighted by Gasteiger charge is 2.36. The van der Waals surface area contributed by atoms with Gasteiger partial charge in [0, 0.05) is 0 Å². The Morgan fingerprint density at radius 3 is 1.08 bits per heavy atom. The summed E-state index contributed by atoms with van der Waals surface area (Å²) in [6.45, 7) is 32.6. The Balaban J connectivity index is 1.89. The molecule has 0 aliphatic rings. The quantitative estimate of drug-likeness (QED) is 0.0434. The van der Waals surface area contributed by atoms with Crippen molar-refractivity contribution >= 4 is 46.6 Å². The van der Waals surface area contributed by atoms with Crippen molar-refractivity contribution in [3.63, 3.8) is 0 Å². The van der Waals surface area contributed by atoms with E-state index in [1.165, 1.54) is 122 Å². The minimum absolute atomic E-state index is 0.126. The van der Waals surface area contributed by atoms with Gasteiger partial charge in [0.2, 0.25) is 6.71 Å². The lowest BCUT2D eigenvalue weighted by atomic mass is 9.32. The Kier molecular flexibility index (Phi) is 14.2. The van der Waals surface area contributed by atoms with Crippen LogP contribution in [-0.2, 0) is 19.0 Å². The van der Waals surface area contributed by atoms with E-state index in [2.05, 4.69) is 96.6 Å². The van der Waals surface area contributed by atoms with Crippen LogP contribution in [0.25, 0.3) is 27.8 Å². The third-order valence-electron chi connectivity index (χ3n) is 13.7. The van der Waals surface area contributed by atoms with E-state index in [1.54, 1.807) is 6.08 Å². The maximum atomic E-state index is 12.4. The Morgan fingerprint density at radius 1 is 0.468 bits per heavy atom. The van der Waals surface area contributed by atoms with Crippen LogP contribution in [0.5, 0.6) is 0 Å². The molecule has 5 aromatic carbocycles. The number of rotatable bonds is 11. The van der Waals surface area contributed by atoms with Crippen LogP contribution in [0.3, 0.4) is 0 Å². The number of hydrogen-bond donors (Lipinski definition) is 0. The van der Waals surface area contributed by atoms with Gasteiger partial charge in [-0.1, -0.05) is 92.8 Å². The fourth-order valence-corrected chi connectivity index (χ4v) is 9.63. The van der Waals surface area contributed by atoms with Gasteiger partial charge in [0.1, 0.15) is 0 Å². The second-order valence-electron chi connectivity index (χ2n) is 16.6. The zero-order valence-electron chi connectivity index (χ0n) is 39.6. The Morgan fingerprint density at radius 2 is 0.790 bits per heavy atom. The summed E-state index contributed by atoms with van der Waals surface area (Å²) in [7, 11) is 4.18. The Bertz CT molecular complexity index is 2490. The van der Waals surface area contributed by atoms with E-state index >= 15 is 0 Å². The number of hydrogen-bond acceptors (Lipinski definition) is 6. The van der Waals surface area contributed by atoms with Crippen molar-refractivity contribution in [2.45, 2.75) is 90.0 Å². The van der Waals surface area contributed by atoms with Crippen LogP contribution >= 0.6 is 0 Å². The number of allylic oxidation sites excluding steroid dienone is 3. The molecule has 0 atom stereocenters. The van der Waals surface area contributed by atoms with Gasteiger partial charge in [0.25, 0.3) is 0 Å². The maximum absolute atomic E-state index is 12.4. The molecule has 320 valence electrons. The van der Waals surface area contributed by atoms with Crippen molar-refractivity contribution in [2.75, 3.05) is 21.3 Å². The summed E-state index contributed by atoms with van der Waals surface area (Å²) in [5.41, 5.74) is 26.4. The van der Waals surface area contributed by atoms with Gasteiger partial charge in [-0.2, -0.15) is 0 Å². The van der Waals surface area contributed by atoms with Crippen LogP contribution in [0, 0.1) is 83.1 Å². The molecule has 0 radical (unpaired) electrons. The predicted octanol–water partition coefficient (Wildman–Crippen LogP) is 10.5. The molecule has 0 spiro atoms. The summed E-state index contributed by atoms with van der Waals surface area (Å²) < 4.78 is 15.0. The summed E-state index contributed by atoms with van der Waals surface area (Å²) in [4.78, 5) is 37.1. The van der Waals surface area contributed by atoms with Crippen molar-refractivity contribution in [3.05, 3.63) is 162 Å². The zero-order valence-corrected chi connectivity index (χ0v) is 39.6. The number of carbonyl (C=O) groups excluding carboxylic acids is 3. The zero-order chi connectivity index (χ0) is 46.1. The van der Waals surface area contributed by atoms with Crippen LogP contribution in [0.2, 0.25) is 0 Å². The highest BCUT2D eigenvalue weighted by atomic mass is 16.5. The van der Waals surface area contributed by atoms with E-state index in [4.69, 9.17) is 14.2 Å². The minimum Gasteiger partial charge on any atom is -0.465 e. The van der Waals surface area contributed by atoms with Gasteiger partial charge in [-0.05, 0) is 187 Å². The molecular weight excluding hydrogens is 767 g/mol. The van der Waals surface area contributed by atoms with E-state index in [9.17, 15) is 14.4 Å². The molecule has 0 saturated carbocycles. The molecule has 0 amide bonds. The molecule has 5 aromatic rings.